The molecule has 0 aliphatic heterocycles. The fourth-order valence-electron chi connectivity index (χ4n) is 2.23. The summed E-state index contributed by atoms with van der Waals surface area (Å²) < 4.78 is 47.5. The van der Waals surface area contributed by atoms with Gasteiger partial charge < -0.3 is 4.53 Å². The summed E-state index contributed by atoms with van der Waals surface area (Å²) in [6, 6.07) is 12.1. The number of rotatable bonds is 5. The minimum Gasteiger partial charge on any atom is -0.319 e. The van der Waals surface area contributed by atoms with Gasteiger partial charge in [0.2, 0.25) is 8.32 Å². The molecule has 0 aliphatic carbocycles. The molecular weight excluding hydrogens is 355 g/mol. The monoisotopic (exact) mass is 373 g/mol. The van der Waals surface area contributed by atoms with Crippen LogP contribution in [-0.2, 0) is 4.53 Å². The lowest BCUT2D eigenvalue weighted by Gasteiger charge is -2.38. The zero-order valence-corrected chi connectivity index (χ0v) is 15.4. The van der Waals surface area contributed by atoms with Gasteiger partial charge >= 0.3 is 6.18 Å². The Morgan fingerprint density at radius 2 is 1.50 bits per heavy atom. The van der Waals surface area contributed by atoms with Gasteiger partial charge in [0.15, 0.2) is 6.04 Å². The van der Waals surface area contributed by atoms with Crippen molar-refractivity contribution in [3.05, 3.63) is 65.2 Å². The van der Waals surface area contributed by atoms with Crippen molar-refractivity contribution in [1.82, 2.24) is 0 Å². The van der Waals surface area contributed by atoms with Crippen LogP contribution < -0.4 is 5.06 Å². The standard InChI is InChI=1S/C17H19ClF3NOSi/c1-24(2,3)23-22(15-7-5-4-6-8-15)16(17(19,20)21)13-9-11-14(18)12-10-13/h4-12,16H,1-3H3. The highest BCUT2D eigenvalue weighted by Gasteiger charge is 2.47. The van der Waals surface area contributed by atoms with Gasteiger partial charge in [-0.25, -0.2) is 5.06 Å². The Labute approximate surface area is 145 Å². The summed E-state index contributed by atoms with van der Waals surface area (Å²) in [5, 5.41) is 1.37. The van der Waals surface area contributed by atoms with Crippen LogP contribution in [-0.4, -0.2) is 14.5 Å². The SMILES string of the molecule is C[Si](C)(C)ON(c1ccccc1)C(c1ccc(Cl)cc1)C(F)(F)F. The first-order valence-corrected chi connectivity index (χ1v) is 11.2. The maximum Gasteiger partial charge on any atom is 0.415 e. The van der Waals surface area contributed by atoms with E-state index in [2.05, 4.69) is 0 Å². The predicted molar refractivity (Wildman–Crippen MR) is 93.6 cm³/mol. The molecule has 7 heteroatoms. The lowest BCUT2D eigenvalue weighted by atomic mass is 10.1. The van der Waals surface area contributed by atoms with Crippen molar-refractivity contribution in [2.24, 2.45) is 0 Å². The molecule has 1 unspecified atom stereocenters. The second-order valence-electron chi connectivity index (χ2n) is 6.36. The van der Waals surface area contributed by atoms with Gasteiger partial charge in [0.25, 0.3) is 0 Å². The zero-order chi connectivity index (χ0) is 18.0. The highest BCUT2D eigenvalue weighted by molar-refractivity contribution is 6.69. The number of hydrogen-bond donors (Lipinski definition) is 0. The highest BCUT2D eigenvalue weighted by Crippen LogP contribution is 2.41. The van der Waals surface area contributed by atoms with Crippen LogP contribution in [0.4, 0.5) is 18.9 Å². The molecule has 130 valence electrons. The fraction of sp³-hybridized carbons (Fsp3) is 0.294. The fourth-order valence-corrected chi connectivity index (χ4v) is 3.15. The molecule has 0 aromatic heterocycles. The molecular formula is C17H19ClF3NOSi. The normalized spacial score (nSPS) is 13.6. The van der Waals surface area contributed by atoms with E-state index >= 15 is 0 Å². The van der Waals surface area contributed by atoms with Gasteiger partial charge in [0.05, 0.1) is 5.69 Å². The Morgan fingerprint density at radius 3 is 1.96 bits per heavy atom. The number of hydrogen-bond acceptors (Lipinski definition) is 2. The average Bonchev–Trinajstić information content (AvgIpc) is 2.47. The van der Waals surface area contributed by atoms with E-state index in [9.17, 15) is 13.2 Å². The zero-order valence-electron chi connectivity index (χ0n) is 13.6. The van der Waals surface area contributed by atoms with Crippen molar-refractivity contribution in [3.63, 3.8) is 0 Å². The predicted octanol–water partition coefficient (Wildman–Crippen LogP) is 6.22. The van der Waals surface area contributed by atoms with Crippen molar-refractivity contribution < 1.29 is 17.7 Å². The minimum atomic E-state index is -4.51. The lowest BCUT2D eigenvalue weighted by Crippen LogP contribution is -2.45. The van der Waals surface area contributed by atoms with Crippen LogP contribution in [0.1, 0.15) is 11.6 Å². The van der Waals surface area contributed by atoms with Crippen LogP contribution in [0.5, 0.6) is 0 Å². The highest BCUT2D eigenvalue weighted by atomic mass is 35.5. The summed E-state index contributed by atoms with van der Waals surface area (Å²) in [7, 11) is -2.29. The molecule has 0 aliphatic rings. The Balaban J connectivity index is 2.54. The molecule has 0 heterocycles. The van der Waals surface area contributed by atoms with E-state index in [-0.39, 0.29) is 5.56 Å². The number of halogens is 4. The Kier molecular flexibility index (Phi) is 5.62. The van der Waals surface area contributed by atoms with Crippen molar-refractivity contribution in [2.75, 3.05) is 5.06 Å². The van der Waals surface area contributed by atoms with Crippen LogP contribution in [0.3, 0.4) is 0 Å². The summed E-state index contributed by atoms with van der Waals surface area (Å²) >= 11 is 5.81. The third-order valence-corrected chi connectivity index (χ3v) is 4.11. The van der Waals surface area contributed by atoms with Gasteiger partial charge in [-0.2, -0.15) is 13.2 Å². The van der Waals surface area contributed by atoms with Gasteiger partial charge in [0.1, 0.15) is 0 Å². The van der Waals surface area contributed by atoms with Gasteiger partial charge in [-0.05, 0) is 49.5 Å². The lowest BCUT2D eigenvalue weighted by molar-refractivity contribution is -0.161. The number of alkyl halides is 3. The van der Waals surface area contributed by atoms with Crippen LogP contribution in [0.15, 0.2) is 54.6 Å². The van der Waals surface area contributed by atoms with E-state index < -0.39 is 20.5 Å². The van der Waals surface area contributed by atoms with Crippen molar-refractivity contribution in [1.29, 1.82) is 0 Å². The van der Waals surface area contributed by atoms with E-state index in [0.717, 1.165) is 5.06 Å². The topological polar surface area (TPSA) is 12.5 Å². The largest absolute Gasteiger partial charge is 0.415 e. The summed E-state index contributed by atoms with van der Waals surface area (Å²) in [5.41, 5.74) is 0.436. The Hall–Kier alpha value is -1.50. The molecule has 0 saturated heterocycles. The molecule has 2 rings (SSSR count). The molecule has 1 atom stereocenters. The van der Waals surface area contributed by atoms with Crippen LogP contribution in [0.2, 0.25) is 24.7 Å². The molecule has 2 aromatic carbocycles. The molecule has 2 nitrogen and oxygen atoms in total. The number of para-hydroxylation sites is 1. The summed E-state index contributed by atoms with van der Waals surface area (Å²) in [6.45, 7) is 5.54. The average molecular weight is 374 g/mol. The molecule has 0 amide bonds. The quantitative estimate of drug-likeness (QED) is 0.456. The van der Waals surface area contributed by atoms with Gasteiger partial charge in [-0.1, -0.05) is 41.9 Å². The van der Waals surface area contributed by atoms with E-state index in [1.165, 1.54) is 24.3 Å². The summed E-state index contributed by atoms with van der Waals surface area (Å²) in [6.07, 6.45) is -4.51. The smallest absolute Gasteiger partial charge is 0.319 e. The molecule has 0 N–H and O–H groups in total. The third kappa shape index (κ3) is 4.99. The van der Waals surface area contributed by atoms with Crippen LogP contribution in [0.25, 0.3) is 0 Å². The minimum absolute atomic E-state index is 0.0778. The van der Waals surface area contributed by atoms with E-state index in [1.54, 1.807) is 30.3 Å². The van der Waals surface area contributed by atoms with Crippen LogP contribution in [0, 0.1) is 0 Å². The maximum absolute atomic E-state index is 13.9. The second kappa shape index (κ2) is 7.17. The Morgan fingerprint density at radius 1 is 0.958 bits per heavy atom. The van der Waals surface area contributed by atoms with Gasteiger partial charge in [0, 0.05) is 5.02 Å². The van der Waals surface area contributed by atoms with Crippen molar-refractivity contribution in [2.45, 2.75) is 31.9 Å². The number of benzene rings is 2. The molecule has 0 saturated carbocycles. The molecule has 24 heavy (non-hydrogen) atoms. The van der Waals surface area contributed by atoms with E-state index in [1.807, 2.05) is 19.6 Å². The Bertz CT molecular complexity index is 656. The van der Waals surface area contributed by atoms with Gasteiger partial charge in [-0.3, -0.25) is 0 Å². The van der Waals surface area contributed by atoms with Crippen molar-refractivity contribution >= 4 is 25.6 Å². The first-order chi connectivity index (χ1) is 11.1. The summed E-state index contributed by atoms with van der Waals surface area (Å²) in [4.78, 5) is 0. The second-order valence-corrected chi connectivity index (χ2v) is 11.2. The van der Waals surface area contributed by atoms with E-state index in [0.29, 0.717) is 10.7 Å². The maximum atomic E-state index is 13.9. The molecule has 0 radical (unpaired) electrons. The number of hydroxylamine groups is 1. The molecule has 2 aromatic rings. The number of nitrogens with zero attached hydrogens (tertiary/aromatic N) is 1. The third-order valence-electron chi connectivity index (χ3n) is 3.11. The van der Waals surface area contributed by atoms with Crippen molar-refractivity contribution in [3.8, 4) is 0 Å². The molecule has 0 spiro atoms. The van der Waals surface area contributed by atoms with E-state index in [4.69, 9.17) is 16.1 Å². The summed E-state index contributed by atoms with van der Waals surface area (Å²) in [5.74, 6) is 0. The number of anilines is 1. The first-order valence-electron chi connectivity index (χ1n) is 7.43. The first kappa shape index (κ1) is 18.8. The molecule has 0 fully saturated rings. The molecule has 0 bridgehead atoms. The van der Waals surface area contributed by atoms with Crippen LogP contribution >= 0.6 is 11.6 Å². The van der Waals surface area contributed by atoms with Gasteiger partial charge in [-0.15, -0.1) is 0 Å².